The lowest BCUT2D eigenvalue weighted by Crippen LogP contribution is -2.23. The van der Waals surface area contributed by atoms with Crippen molar-refractivity contribution in [1.82, 2.24) is 5.32 Å². The van der Waals surface area contributed by atoms with E-state index in [0.29, 0.717) is 0 Å². The maximum Gasteiger partial charge on any atom is 0.323 e. The number of benzene rings is 1. The zero-order valence-corrected chi connectivity index (χ0v) is 8.37. The minimum Gasteiger partial charge on any atom is -0.315 e. The normalized spacial score (nSPS) is 10.1. The van der Waals surface area contributed by atoms with Crippen molar-refractivity contribution in [2.24, 2.45) is 0 Å². The molecule has 0 radical (unpaired) electrons. The number of amides is 2. The first kappa shape index (κ1) is 10.3. The number of carbonyl (C=O) groups excluding carboxylic acids is 1. The van der Waals surface area contributed by atoms with Crippen LogP contribution in [0, 0.1) is 6.92 Å². The molecule has 0 aliphatic carbocycles. The molecule has 0 aliphatic rings. The van der Waals surface area contributed by atoms with Crippen LogP contribution in [0.1, 0.15) is 12.5 Å². The average Bonchev–Trinajstić information content (AvgIpc) is 2.15. The third kappa shape index (κ3) is 3.31. The molecule has 3 heteroatoms. The number of carbonyl (C=O) groups is 1. The third-order valence-corrected chi connectivity index (χ3v) is 1.66. The molecule has 0 unspecified atom stereocenters. The Balaban J connectivity index is 2.56. The Morgan fingerprint density at radius 1 is 1.43 bits per heavy atom. The Kier molecular flexibility index (Phi) is 3.73. The highest BCUT2D eigenvalue weighted by atomic mass is 16.2. The fraction of sp³-hybridized carbons (Fsp3) is 0.182. The van der Waals surface area contributed by atoms with Crippen molar-refractivity contribution < 1.29 is 4.79 Å². The van der Waals surface area contributed by atoms with Crippen molar-refractivity contribution in [3.63, 3.8) is 0 Å². The Bertz CT molecular complexity index is 345. The first-order valence-electron chi connectivity index (χ1n) is 4.47. The van der Waals surface area contributed by atoms with Crippen molar-refractivity contribution in [2.75, 3.05) is 5.32 Å². The molecule has 2 N–H and O–H groups in total. The maximum atomic E-state index is 11.2. The summed E-state index contributed by atoms with van der Waals surface area (Å²) in [7, 11) is 0. The van der Waals surface area contributed by atoms with Gasteiger partial charge in [-0.05, 0) is 31.5 Å². The van der Waals surface area contributed by atoms with Crippen LogP contribution >= 0.6 is 0 Å². The van der Waals surface area contributed by atoms with Gasteiger partial charge in [-0.3, -0.25) is 0 Å². The molecule has 1 rings (SSSR count). The van der Waals surface area contributed by atoms with Crippen LogP contribution in [0.15, 0.2) is 36.5 Å². The standard InChI is InChI=1S/C11H14N2O/c1-3-7-12-11(14)13-10-6-4-5-9(2)8-10/h3-8H,1-2H3,(H2,12,13,14)/b7-3+. The fourth-order valence-corrected chi connectivity index (χ4v) is 1.05. The van der Waals surface area contributed by atoms with E-state index in [2.05, 4.69) is 10.6 Å². The minimum atomic E-state index is -0.228. The summed E-state index contributed by atoms with van der Waals surface area (Å²) >= 11 is 0. The average molecular weight is 190 g/mol. The number of allylic oxidation sites excluding steroid dienone is 1. The summed E-state index contributed by atoms with van der Waals surface area (Å²) in [4.78, 5) is 11.2. The molecule has 1 aromatic rings. The zero-order chi connectivity index (χ0) is 10.4. The van der Waals surface area contributed by atoms with Crippen LogP contribution in [-0.4, -0.2) is 6.03 Å². The van der Waals surface area contributed by atoms with Gasteiger partial charge >= 0.3 is 6.03 Å². The minimum absolute atomic E-state index is 0.228. The molecule has 0 bridgehead atoms. The molecule has 0 saturated carbocycles. The van der Waals surface area contributed by atoms with Gasteiger partial charge in [-0.2, -0.15) is 0 Å². The first-order chi connectivity index (χ1) is 6.72. The van der Waals surface area contributed by atoms with Crippen molar-refractivity contribution in [2.45, 2.75) is 13.8 Å². The van der Waals surface area contributed by atoms with Crippen molar-refractivity contribution in [3.8, 4) is 0 Å². The Labute approximate surface area is 83.8 Å². The van der Waals surface area contributed by atoms with E-state index in [1.54, 1.807) is 12.3 Å². The highest BCUT2D eigenvalue weighted by Gasteiger charge is 1.97. The van der Waals surface area contributed by atoms with Gasteiger partial charge in [0.2, 0.25) is 0 Å². The van der Waals surface area contributed by atoms with Gasteiger partial charge in [0.1, 0.15) is 0 Å². The predicted octanol–water partition coefficient (Wildman–Crippen LogP) is 2.65. The Morgan fingerprint density at radius 3 is 2.86 bits per heavy atom. The topological polar surface area (TPSA) is 41.1 Å². The largest absolute Gasteiger partial charge is 0.323 e. The molecule has 2 amide bonds. The quantitative estimate of drug-likeness (QED) is 0.739. The monoisotopic (exact) mass is 190 g/mol. The Hall–Kier alpha value is -1.77. The van der Waals surface area contributed by atoms with E-state index < -0.39 is 0 Å². The number of aryl methyl sites for hydroxylation is 1. The number of urea groups is 1. The molecule has 0 heterocycles. The molecule has 0 aliphatic heterocycles. The van der Waals surface area contributed by atoms with Gasteiger partial charge in [-0.1, -0.05) is 18.2 Å². The lowest BCUT2D eigenvalue weighted by Gasteiger charge is -2.04. The molecule has 0 atom stereocenters. The highest BCUT2D eigenvalue weighted by molar-refractivity contribution is 5.89. The summed E-state index contributed by atoms with van der Waals surface area (Å²) in [6.07, 6.45) is 3.35. The highest BCUT2D eigenvalue weighted by Crippen LogP contribution is 2.08. The lowest BCUT2D eigenvalue weighted by atomic mass is 10.2. The van der Waals surface area contributed by atoms with Crippen LogP contribution in [0.3, 0.4) is 0 Å². The molecule has 0 fully saturated rings. The van der Waals surface area contributed by atoms with E-state index in [9.17, 15) is 4.79 Å². The van der Waals surface area contributed by atoms with Gasteiger partial charge in [0.15, 0.2) is 0 Å². The van der Waals surface area contributed by atoms with E-state index in [-0.39, 0.29) is 6.03 Å². The van der Waals surface area contributed by atoms with E-state index in [4.69, 9.17) is 0 Å². The first-order valence-corrected chi connectivity index (χ1v) is 4.47. The second-order valence-corrected chi connectivity index (χ2v) is 2.97. The van der Waals surface area contributed by atoms with E-state index in [1.165, 1.54) is 0 Å². The maximum absolute atomic E-state index is 11.2. The van der Waals surface area contributed by atoms with Gasteiger partial charge in [-0.25, -0.2) is 4.79 Å². The Morgan fingerprint density at radius 2 is 2.21 bits per heavy atom. The predicted molar refractivity (Wildman–Crippen MR) is 58.1 cm³/mol. The SMILES string of the molecule is C/C=C/NC(=O)Nc1cccc(C)c1. The molecular formula is C11H14N2O. The van der Waals surface area contributed by atoms with Gasteiger partial charge in [0, 0.05) is 11.9 Å². The second kappa shape index (κ2) is 5.07. The van der Waals surface area contributed by atoms with E-state index in [1.807, 2.05) is 38.1 Å². The second-order valence-electron chi connectivity index (χ2n) is 2.97. The van der Waals surface area contributed by atoms with Gasteiger partial charge in [-0.15, -0.1) is 0 Å². The van der Waals surface area contributed by atoms with Gasteiger partial charge < -0.3 is 10.6 Å². The number of anilines is 1. The third-order valence-electron chi connectivity index (χ3n) is 1.66. The summed E-state index contributed by atoms with van der Waals surface area (Å²) in [6.45, 7) is 3.82. The molecular weight excluding hydrogens is 176 g/mol. The molecule has 0 aromatic heterocycles. The number of rotatable bonds is 2. The summed E-state index contributed by atoms with van der Waals surface area (Å²) < 4.78 is 0. The summed E-state index contributed by atoms with van der Waals surface area (Å²) in [6, 6.07) is 7.42. The van der Waals surface area contributed by atoms with Crippen molar-refractivity contribution in [1.29, 1.82) is 0 Å². The molecule has 0 saturated heterocycles. The van der Waals surface area contributed by atoms with E-state index >= 15 is 0 Å². The number of hydrogen-bond acceptors (Lipinski definition) is 1. The van der Waals surface area contributed by atoms with Crippen LogP contribution < -0.4 is 10.6 Å². The smallest absolute Gasteiger partial charge is 0.315 e. The van der Waals surface area contributed by atoms with Crippen LogP contribution in [0.25, 0.3) is 0 Å². The van der Waals surface area contributed by atoms with Gasteiger partial charge in [0.05, 0.1) is 0 Å². The number of nitrogens with one attached hydrogen (secondary N) is 2. The molecule has 14 heavy (non-hydrogen) atoms. The summed E-state index contributed by atoms with van der Waals surface area (Å²) in [5.74, 6) is 0. The molecule has 74 valence electrons. The number of hydrogen-bond donors (Lipinski definition) is 2. The fourth-order valence-electron chi connectivity index (χ4n) is 1.05. The lowest BCUT2D eigenvalue weighted by molar-refractivity contribution is 0.255. The van der Waals surface area contributed by atoms with Crippen molar-refractivity contribution >= 4 is 11.7 Å². The molecule has 0 spiro atoms. The van der Waals surface area contributed by atoms with Crippen LogP contribution in [0.5, 0.6) is 0 Å². The molecule has 1 aromatic carbocycles. The van der Waals surface area contributed by atoms with Crippen molar-refractivity contribution in [3.05, 3.63) is 42.1 Å². The van der Waals surface area contributed by atoms with Crippen LogP contribution in [0.2, 0.25) is 0 Å². The summed E-state index contributed by atoms with van der Waals surface area (Å²) in [5, 5.41) is 5.29. The van der Waals surface area contributed by atoms with Crippen LogP contribution in [0.4, 0.5) is 10.5 Å². The van der Waals surface area contributed by atoms with Gasteiger partial charge in [0.25, 0.3) is 0 Å². The zero-order valence-electron chi connectivity index (χ0n) is 8.37. The summed E-state index contributed by atoms with van der Waals surface area (Å²) in [5.41, 5.74) is 1.92. The van der Waals surface area contributed by atoms with Crippen LogP contribution in [-0.2, 0) is 0 Å². The van der Waals surface area contributed by atoms with E-state index in [0.717, 1.165) is 11.3 Å². The molecule has 3 nitrogen and oxygen atoms in total.